The van der Waals surface area contributed by atoms with Crippen molar-refractivity contribution in [3.63, 3.8) is 0 Å². The van der Waals surface area contributed by atoms with Crippen molar-refractivity contribution < 1.29 is 9.18 Å². The van der Waals surface area contributed by atoms with Crippen LogP contribution in [0, 0.1) is 5.82 Å². The van der Waals surface area contributed by atoms with Crippen molar-refractivity contribution in [2.45, 2.75) is 25.8 Å². The molecular formula is C13H17BrFNO. The first-order valence-electron chi connectivity index (χ1n) is 5.40. The molecule has 1 aromatic carbocycles. The fraction of sp³-hybridized carbons (Fsp3) is 0.462. The highest BCUT2D eigenvalue weighted by Gasteiger charge is 2.29. The second-order valence-corrected chi connectivity index (χ2v) is 5.64. The summed E-state index contributed by atoms with van der Waals surface area (Å²) in [6, 6.07) is 4.39. The summed E-state index contributed by atoms with van der Waals surface area (Å²) in [5.74, 6) is -0.199. The zero-order chi connectivity index (χ0) is 13.2. The molecular weight excluding hydrogens is 285 g/mol. The molecule has 0 atom stereocenters. The molecule has 0 heterocycles. The molecule has 0 fully saturated rings. The lowest BCUT2D eigenvalue weighted by molar-refractivity contribution is -0.127. The predicted molar refractivity (Wildman–Crippen MR) is 70.6 cm³/mol. The number of hydrogen-bond donors (Lipinski definition) is 0. The third-order valence-corrected chi connectivity index (χ3v) is 3.90. The van der Waals surface area contributed by atoms with Gasteiger partial charge >= 0.3 is 0 Å². The number of hydrogen-bond acceptors (Lipinski definition) is 2. The van der Waals surface area contributed by atoms with Crippen LogP contribution in [0.2, 0.25) is 0 Å². The van der Waals surface area contributed by atoms with Crippen LogP contribution >= 0.6 is 15.9 Å². The van der Waals surface area contributed by atoms with Crippen LogP contribution in [0.3, 0.4) is 0 Å². The fourth-order valence-electron chi connectivity index (χ4n) is 1.30. The molecule has 0 N–H and O–H groups in total. The molecule has 4 heteroatoms. The zero-order valence-corrected chi connectivity index (χ0v) is 12.1. The Balaban J connectivity index is 2.89. The molecule has 0 aromatic heterocycles. The second kappa shape index (κ2) is 5.27. The van der Waals surface area contributed by atoms with Crippen molar-refractivity contribution in [1.82, 2.24) is 4.90 Å². The molecule has 0 aliphatic heterocycles. The van der Waals surface area contributed by atoms with E-state index in [9.17, 15) is 9.18 Å². The molecule has 0 amide bonds. The molecule has 2 nitrogen and oxygen atoms in total. The highest BCUT2D eigenvalue weighted by molar-refractivity contribution is 9.10. The van der Waals surface area contributed by atoms with E-state index in [0.29, 0.717) is 10.9 Å². The number of halogens is 2. The molecule has 0 radical (unpaired) electrons. The molecule has 1 aromatic rings. The summed E-state index contributed by atoms with van der Waals surface area (Å²) >= 11 is 3.27. The third-order valence-electron chi connectivity index (χ3n) is 3.17. The van der Waals surface area contributed by atoms with Crippen LogP contribution in [0.5, 0.6) is 0 Å². The molecule has 0 bridgehead atoms. The maximum atomic E-state index is 12.9. The van der Waals surface area contributed by atoms with E-state index in [1.165, 1.54) is 12.1 Å². The van der Waals surface area contributed by atoms with Gasteiger partial charge in [0.2, 0.25) is 0 Å². The van der Waals surface area contributed by atoms with Crippen molar-refractivity contribution in [2.24, 2.45) is 0 Å². The minimum atomic E-state index is -0.520. The van der Waals surface area contributed by atoms with Crippen LogP contribution in [-0.2, 0) is 11.2 Å². The van der Waals surface area contributed by atoms with Crippen molar-refractivity contribution in [1.29, 1.82) is 0 Å². The van der Waals surface area contributed by atoms with Crippen LogP contribution in [0.15, 0.2) is 22.7 Å². The summed E-state index contributed by atoms with van der Waals surface area (Å²) in [5.41, 5.74) is 0.291. The topological polar surface area (TPSA) is 20.3 Å². The Labute approximate surface area is 110 Å². The Kier molecular flexibility index (Phi) is 4.44. The average Bonchev–Trinajstić information content (AvgIpc) is 2.21. The number of ketones is 1. The molecule has 1 rings (SSSR count). The second-order valence-electron chi connectivity index (χ2n) is 4.79. The lowest BCUT2D eigenvalue weighted by Crippen LogP contribution is -2.46. The van der Waals surface area contributed by atoms with Gasteiger partial charge in [-0.3, -0.25) is 9.69 Å². The Morgan fingerprint density at radius 3 is 2.47 bits per heavy atom. The maximum absolute atomic E-state index is 12.9. The van der Waals surface area contributed by atoms with Gasteiger partial charge in [0, 0.05) is 10.9 Å². The maximum Gasteiger partial charge on any atom is 0.156 e. The number of carbonyl (C=O) groups is 1. The van der Waals surface area contributed by atoms with E-state index in [1.54, 1.807) is 6.07 Å². The molecule has 17 heavy (non-hydrogen) atoms. The molecule has 0 saturated carbocycles. The van der Waals surface area contributed by atoms with Gasteiger partial charge in [0.05, 0.1) is 5.54 Å². The summed E-state index contributed by atoms with van der Waals surface area (Å²) in [7, 11) is 3.75. The Morgan fingerprint density at radius 1 is 1.41 bits per heavy atom. The molecule has 0 unspecified atom stereocenters. The van der Waals surface area contributed by atoms with Gasteiger partial charge in [-0.2, -0.15) is 0 Å². The molecule has 0 aliphatic rings. The van der Waals surface area contributed by atoms with Crippen molar-refractivity contribution in [3.05, 3.63) is 34.1 Å². The first-order valence-corrected chi connectivity index (χ1v) is 6.19. The SMILES string of the molecule is CN(C)C(C)(C)C(=O)Cc1ccc(F)cc1Br. The van der Waals surface area contributed by atoms with Crippen LogP contribution < -0.4 is 0 Å². The highest BCUT2D eigenvalue weighted by Crippen LogP contribution is 2.22. The first kappa shape index (κ1) is 14.3. The van der Waals surface area contributed by atoms with Crippen molar-refractivity contribution in [2.75, 3.05) is 14.1 Å². The number of carbonyl (C=O) groups excluding carboxylic acids is 1. The fourth-order valence-corrected chi connectivity index (χ4v) is 1.79. The minimum Gasteiger partial charge on any atom is -0.298 e. The normalized spacial score (nSPS) is 11.9. The molecule has 0 spiro atoms. The Morgan fingerprint density at radius 2 is 2.00 bits per heavy atom. The summed E-state index contributed by atoms with van der Waals surface area (Å²) in [6.07, 6.45) is 0.298. The minimum absolute atomic E-state index is 0.106. The predicted octanol–water partition coefficient (Wildman–Crippen LogP) is 3.04. The van der Waals surface area contributed by atoms with Gasteiger partial charge in [-0.15, -0.1) is 0 Å². The monoisotopic (exact) mass is 301 g/mol. The third kappa shape index (κ3) is 3.36. The summed E-state index contributed by atoms with van der Waals surface area (Å²) in [4.78, 5) is 14.0. The quantitative estimate of drug-likeness (QED) is 0.852. The highest BCUT2D eigenvalue weighted by atomic mass is 79.9. The van der Waals surface area contributed by atoms with Gasteiger partial charge < -0.3 is 0 Å². The van der Waals surface area contributed by atoms with E-state index in [2.05, 4.69) is 15.9 Å². The first-order chi connectivity index (χ1) is 7.75. The number of likely N-dealkylation sites (N-methyl/N-ethyl adjacent to an activating group) is 1. The standard InChI is InChI=1S/C13H17BrFNO/c1-13(2,16(3)4)12(17)7-9-5-6-10(15)8-11(9)14/h5-6,8H,7H2,1-4H3. The van der Waals surface area contributed by atoms with Crippen LogP contribution in [-0.4, -0.2) is 30.3 Å². The van der Waals surface area contributed by atoms with Gasteiger partial charge in [0.15, 0.2) is 5.78 Å². The van der Waals surface area contributed by atoms with Gasteiger partial charge in [0.1, 0.15) is 5.82 Å². The van der Waals surface area contributed by atoms with Gasteiger partial charge in [-0.05, 0) is 45.6 Å². The van der Waals surface area contributed by atoms with Crippen LogP contribution in [0.4, 0.5) is 4.39 Å². The smallest absolute Gasteiger partial charge is 0.156 e. The van der Waals surface area contributed by atoms with Crippen LogP contribution in [0.1, 0.15) is 19.4 Å². The lowest BCUT2D eigenvalue weighted by atomic mass is 9.92. The zero-order valence-electron chi connectivity index (χ0n) is 10.6. The van der Waals surface area contributed by atoms with E-state index >= 15 is 0 Å². The van der Waals surface area contributed by atoms with Crippen LogP contribution in [0.25, 0.3) is 0 Å². The average molecular weight is 302 g/mol. The van der Waals surface area contributed by atoms with E-state index in [4.69, 9.17) is 0 Å². The number of Topliss-reactive ketones (excluding diaryl/α,β-unsaturated/α-hetero) is 1. The van der Waals surface area contributed by atoms with Gasteiger partial charge in [0.25, 0.3) is 0 Å². The lowest BCUT2D eigenvalue weighted by Gasteiger charge is -2.31. The molecule has 94 valence electrons. The Hall–Kier alpha value is -0.740. The van der Waals surface area contributed by atoms with E-state index in [1.807, 2.05) is 32.8 Å². The van der Waals surface area contributed by atoms with Crippen molar-refractivity contribution in [3.8, 4) is 0 Å². The van der Waals surface area contributed by atoms with E-state index in [-0.39, 0.29) is 11.6 Å². The summed E-state index contributed by atoms with van der Waals surface area (Å²) in [5, 5.41) is 0. The number of nitrogens with zero attached hydrogens (tertiary/aromatic N) is 1. The van der Waals surface area contributed by atoms with Crippen molar-refractivity contribution >= 4 is 21.7 Å². The summed E-state index contributed by atoms with van der Waals surface area (Å²) < 4.78 is 13.6. The molecule has 0 aliphatic carbocycles. The Bertz CT molecular complexity index is 429. The number of benzene rings is 1. The molecule has 0 saturated heterocycles. The van der Waals surface area contributed by atoms with Gasteiger partial charge in [-0.1, -0.05) is 22.0 Å². The largest absolute Gasteiger partial charge is 0.298 e. The van der Waals surface area contributed by atoms with E-state index in [0.717, 1.165) is 5.56 Å². The number of rotatable bonds is 4. The summed E-state index contributed by atoms with van der Waals surface area (Å²) in [6.45, 7) is 3.76. The van der Waals surface area contributed by atoms with Gasteiger partial charge in [-0.25, -0.2) is 4.39 Å². The van der Waals surface area contributed by atoms with E-state index < -0.39 is 5.54 Å².